The number of nitrogens with one attached hydrogen (secondary N) is 2. The monoisotopic (exact) mass is 402 g/mol. The van der Waals surface area contributed by atoms with Gasteiger partial charge in [-0.2, -0.15) is 0 Å². The van der Waals surface area contributed by atoms with Crippen LogP contribution in [-0.4, -0.2) is 18.4 Å². The third kappa shape index (κ3) is 6.89. The van der Waals surface area contributed by atoms with Gasteiger partial charge in [0.25, 0.3) is 0 Å². The fraction of sp³-hybridized carbons (Fsp3) is 0.364. The maximum atomic E-state index is 12.5. The summed E-state index contributed by atoms with van der Waals surface area (Å²) in [5.74, 6) is 0.575. The number of carbonyl (C=O) groups is 2. The molecule has 0 radical (unpaired) electrons. The van der Waals surface area contributed by atoms with Gasteiger partial charge in [-0.1, -0.05) is 55.3 Å². The minimum absolute atomic E-state index is 0.117. The second-order valence-corrected chi connectivity index (χ2v) is 7.67. The van der Waals surface area contributed by atoms with E-state index in [4.69, 9.17) is 16.3 Å². The highest BCUT2D eigenvalue weighted by Crippen LogP contribution is 2.28. The molecule has 0 saturated carbocycles. The SMILES string of the molecule is CC(=O)NC(CC(=O)Nc1ccc(OCC(C)C)c(Cl)c1)c1ccc(C)cc1. The van der Waals surface area contributed by atoms with Gasteiger partial charge in [0, 0.05) is 12.6 Å². The van der Waals surface area contributed by atoms with E-state index in [-0.39, 0.29) is 18.2 Å². The summed E-state index contributed by atoms with van der Waals surface area (Å²) < 4.78 is 5.64. The molecule has 5 nitrogen and oxygen atoms in total. The van der Waals surface area contributed by atoms with E-state index >= 15 is 0 Å². The smallest absolute Gasteiger partial charge is 0.226 e. The summed E-state index contributed by atoms with van der Waals surface area (Å²) >= 11 is 6.25. The third-order valence-electron chi connectivity index (χ3n) is 4.03. The Kier molecular flexibility index (Phi) is 7.88. The van der Waals surface area contributed by atoms with Crippen molar-refractivity contribution in [3.05, 3.63) is 58.6 Å². The van der Waals surface area contributed by atoms with Gasteiger partial charge in [0.05, 0.1) is 24.1 Å². The molecule has 6 heteroatoms. The van der Waals surface area contributed by atoms with Crippen LogP contribution >= 0.6 is 11.6 Å². The molecule has 0 aliphatic heterocycles. The maximum absolute atomic E-state index is 12.5. The Morgan fingerprint density at radius 2 is 1.79 bits per heavy atom. The molecule has 2 N–H and O–H groups in total. The van der Waals surface area contributed by atoms with Crippen molar-refractivity contribution in [1.82, 2.24) is 5.32 Å². The molecule has 0 heterocycles. The van der Waals surface area contributed by atoms with Crippen LogP contribution < -0.4 is 15.4 Å². The molecule has 28 heavy (non-hydrogen) atoms. The first-order valence-electron chi connectivity index (χ1n) is 9.30. The van der Waals surface area contributed by atoms with Gasteiger partial charge < -0.3 is 15.4 Å². The van der Waals surface area contributed by atoms with Gasteiger partial charge in [-0.05, 0) is 36.6 Å². The van der Waals surface area contributed by atoms with Crippen molar-refractivity contribution in [3.8, 4) is 5.75 Å². The van der Waals surface area contributed by atoms with Crippen LogP contribution in [0.5, 0.6) is 5.75 Å². The zero-order valence-electron chi connectivity index (χ0n) is 16.7. The first-order chi connectivity index (χ1) is 13.2. The van der Waals surface area contributed by atoms with Crippen molar-refractivity contribution in [1.29, 1.82) is 0 Å². The van der Waals surface area contributed by atoms with E-state index in [9.17, 15) is 9.59 Å². The second kappa shape index (κ2) is 10.1. The lowest BCUT2D eigenvalue weighted by atomic mass is 10.0. The number of carbonyl (C=O) groups excluding carboxylic acids is 2. The van der Waals surface area contributed by atoms with Gasteiger partial charge in [-0.3, -0.25) is 9.59 Å². The number of rotatable bonds is 8. The molecular weight excluding hydrogens is 376 g/mol. The zero-order chi connectivity index (χ0) is 20.7. The van der Waals surface area contributed by atoms with Crippen LogP contribution in [0.1, 0.15) is 44.4 Å². The molecule has 0 saturated heterocycles. The van der Waals surface area contributed by atoms with Crippen LogP contribution in [0, 0.1) is 12.8 Å². The Balaban J connectivity index is 2.04. The van der Waals surface area contributed by atoms with Crippen molar-refractivity contribution in [2.75, 3.05) is 11.9 Å². The molecular formula is C22H27ClN2O3. The molecule has 2 aromatic carbocycles. The fourth-order valence-corrected chi connectivity index (χ4v) is 2.88. The predicted octanol–water partition coefficient (Wildman–Crippen LogP) is 4.89. The second-order valence-electron chi connectivity index (χ2n) is 7.27. The Morgan fingerprint density at radius 1 is 1.11 bits per heavy atom. The highest BCUT2D eigenvalue weighted by molar-refractivity contribution is 6.32. The third-order valence-corrected chi connectivity index (χ3v) is 4.33. The van der Waals surface area contributed by atoms with Crippen LogP contribution in [0.3, 0.4) is 0 Å². The van der Waals surface area contributed by atoms with Crippen LogP contribution in [0.4, 0.5) is 5.69 Å². The summed E-state index contributed by atoms with van der Waals surface area (Å²) in [4.78, 5) is 24.1. The Labute approximate surface area is 171 Å². The summed E-state index contributed by atoms with van der Waals surface area (Å²) in [6.07, 6.45) is 0.117. The number of amides is 2. The van der Waals surface area contributed by atoms with E-state index in [1.165, 1.54) is 6.92 Å². The van der Waals surface area contributed by atoms with Gasteiger partial charge in [0.1, 0.15) is 5.75 Å². The molecule has 150 valence electrons. The molecule has 0 spiro atoms. The highest BCUT2D eigenvalue weighted by Gasteiger charge is 2.17. The van der Waals surface area contributed by atoms with Gasteiger partial charge in [-0.15, -0.1) is 0 Å². The fourth-order valence-electron chi connectivity index (χ4n) is 2.65. The Morgan fingerprint density at radius 3 is 2.36 bits per heavy atom. The van der Waals surface area contributed by atoms with Gasteiger partial charge in [-0.25, -0.2) is 0 Å². The molecule has 0 aliphatic rings. The van der Waals surface area contributed by atoms with Gasteiger partial charge in [0.15, 0.2) is 0 Å². The largest absolute Gasteiger partial charge is 0.492 e. The molecule has 1 unspecified atom stereocenters. The van der Waals surface area contributed by atoms with E-state index in [1.807, 2.05) is 31.2 Å². The quantitative estimate of drug-likeness (QED) is 0.660. The zero-order valence-corrected chi connectivity index (χ0v) is 17.5. The molecule has 2 aromatic rings. The average molecular weight is 403 g/mol. The lowest BCUT2D eigenvalue weighted by molar-refractivity contribution is -0.120. The van der Waals surface area contributed by atoms with E-state index in [1.54, 1.807) is 18.2 Å². The minimum Gasteiger partial charge on any atom is -0.492 e. The summed E-state index contributed by atoms with van der Waals surface area (Å²) in [5.41, 5.74) is 2.58. The number of ether oxygens (including phenoxy) is 1. The number of hydrogen-bond donors (Lipinski definition) is 2. The number of hydrogen-bond acceptors (Lipinski definition) is 3. The lowest BCUT2D eigenvalue weighted by Crippen LogP contribution is -2.29. The van der Waals surface area contributed by atoms with E-state index in [2.05, 4.69) is 24.5 Å². The van der Waals surface area contributed by atoms with Crippen LogP contribution in [0.2, 0.25) is 5.02 Å². The number of aryl methyl sites for hydroxylation is 1. The Bertz CT molecular complexity index is 819. The number of halogens is 1. The number of anilines is 1. The number of benzene rings is 2. The lowest BCUT2D eigenvalue weighted by Gasteiger charge is -2.18. The predicted molar refractivity (Wildman–Crippen MR) is 113 cm³/mol. The van der Waals surface area contributed by atoms with Crippen LogP contribution in [0.25, 0.3) is 0 Å². The maximum Gasteiger partial charge on any atom is 0.226 e. The Hall–Kier alpha value is -2.53. The van der Waals surface area contributed by atoms with Crippen molar-refractivity contribution >= 4 is 29.1 Å². The van der Waals surface area contributed by atoms with Crippen molar-refractivity contribution in [3.63, 3.8) is 0 Å². The first-order valence-corrected chi connectivity index (χ1v) is 9.68. The molecule has 0 bridgehead atoms. The average Bonchev–Trinajstić information content (AvgIpc) is 2.60. The molecule has 0 fully saturated rings. The van der Waals surface area contributed by atoms with Crippen molar-refractivity contribution < 1.29 is 14.3 Å². The normalized spacial score (nSPS) is 11.8. The van der Waals surface area contributed by atoms with Crippen LogP contribution in [0.15, 0.2) is 42.5 Å². The minimum atomic E-state index is -0.401. The molecule has 2 rings (SSSR count). The van der Waals surface area contributed by atoms with Crippen molar-refractivity contribution in [2.45, 2.75) is 40.2 Å². The summed E-state index contributed by atoms with van der Waals surface area (Å²) in [6.45, 7) is 8.11. The highest BCUT2D eigenvalue weighted by atomic mass is 35.5. The molecule has 2 amide bonds. The van der Waals surface area contributed by atoms with Gasteiger partial charge >= 0.3 is 0 Å². The summed E-state index contributed by atoms with van der Waals surface area (Å²) in [6, 6.07) is 12.5. The first kappa shape index (κ1) is 21.8. The topological polar surface area (TPSA) is 67.4 Å². The van der Waals surface area contributed by atoms with E-state index < -0.39 is 6.04 Å². The van der Waals surface area contributed by atoms with E-state index in [0.717, 1.165) is 11.1 Å². The molecule has 0 aromatic heterocycles. The van der Waals surface area contributed by atoms with Crippen molar-refractivity contribution in [2.24, 2.45) is 5.92 Å². The summed E-state index contributed by atoms with van der Waals surface area (Å²) in [5, 5.41) is 6.10. The molecule has 0 aliphatic carbocycles. The standard InChI is InChI=1S/C22H27ClN2O3/c1-14(2)13-28-21-10-9-18(11-19(21)23)25-22(27)12-20(24-16(4)26)17-7-5-15(3)6-8-17/h5-11,14,20H,12-13H2,1-4H3,(H,24,26)(H,25,27). The van der Waals surface area contributed by atoms with E-state index in [0.29, 0.717) is 29.0 Å². The summed E-state index contributed by atoms with van der Waals surface area (Å²) in [7, 11) is 0. The van der Waals surface area contributed by atoms with Gasteiger partial charge in [0.2, 0.25) is 11.8 Å². The molecule has 1 atom stereocenters. The van der Waals surface area contributed by atoms with Crippen LogP contribution in [-0.2, 0) is 9.59 Å².